The van der Waals surface area contributed by atoms with Gasteiger partial charge in [0.15, 0.2) is 0 Å². The predicted molar refractivity (Wildman–Crippen MR) is 170 cm³/mol. The Morgan fingerprint density at radius 3 is 1.27 bits per heavy atom. The van der Waals surface area contributed by atoms with E-state index in [0.29, 0.717) is 0 Å². The molecule has 0 N–H and O–H groups in total. The summed E-state index contributed by atoms with van der Waals surface area (Å²) < 4.78 is 0. The third-order valence-corrected chi connectivity index (χ3v) is 7.74. The summed E-state index contributed by atoms with van der Waals surface area (Å²) in [6, 6.07) is 42.5. The molecular formula is C37H33N3. The molecule has 196 valence electrons. The molecule has 0 spiro atoms. The van der Waals surface area contributed by atoms with Crippen molar-refractivity contribution in [2.75, 3.05) is 18.0 Å². The molecule has 3 nitrogen and oxygen atoms in total. The van der Waals surface area contributed by atoms with E-state index >= 15 is 0 Å². The Hall–Kier alpha value is -4.76. The highest BCUT2D eigenvalue weighted by Crippen LogP contribution is 2.50. The van der Waals surface area contributed by atoms with Crippen LogP contribution >= 0.6 is 0 Å². The van der Waals surface area contributed by atoms with E-state index in [2.05, 4.69) is 147 Å². The number of fused-ring (bicyclic) bond motifs is 1. The lowest BCUT2D eigenvalue weighted by Gasteiger charge is -2.30. The van der Waals surface area contributed by atoms with E-state index in [1.165, 1.54) is 33.5 Å². The van der Waals surface area contributed by atoms with Crippen LogP contribution in [0.4, 0.5) is 5.69 Å². The largest absolute Gasteiger partial charge is 0.371 e. The van der Waals surface area contributed by atoms with Gasteiger partial charge in [-0.05, 0) is 43.0 Å². The average Bonchev–Trinajstić information content (AvgIpc) is 3.03. The smallest absolute Gasteiger partial charge is 0.103 e. The first-order valence-corrected chi connectivity index (χ1v) is 14.1. The summed E-state index contributed by atoms with van der Waals surface area (Å²) in [5.74, 6) is 0. The molecule has 0 amide bonds. The number of hydrogen-bond acceptors (Lipinski definition) is 3. The van der Waals surface area contributed by atoms with Crippen LogP contribution in [0.5, 0.6) is 0 Å². The first-order valence-electron chi connectivity index (χ1n) is 14.1. The van der Waals surface area contributed by atoms with Crippen molar-refractivity contribution in [3.05, 3.63) is 127 Å². The maximum atomic E-state index is 4.99. The van der Waals surface area contributed by atoms with Crippen LogP contribution in [-0.2, 0) is 0 Å². The normalized spacial score (nSPS) is 11.1. The van der Waals surface area contributed by atoms with Crippen molar-refractivity contribution < 1.29 is 0 Å². The van der Waals surface area contributed by atoms with Crippen molar-refractivity contribution in [3.8, 4) is 44.8 Å². The number of anilines is 1. The number of hydrogen-bond donors (Lipinski definition) is 0. The molecule has 1 heterocycles. The molecule has 0 bridgehead atoms. The lowest BCUT2D eigenvalue weighted by Crippen LogP contribution is -2.24. The number of benzene rings is 5. The van der Waals surface area contributed by atoms with E-state index < -0.39 is 0 Å². The topological polar surface area (TPSA) is 29.0 Å². The Labute approximate surface area is 236 Å². The summed E-state index contributed by atoms with van der Waals surface area (Å²) in [5.41, 5.74) is 11.2. The SMILES string of the molecule is CCN(CC)c1c(C)c(-c2ccccc2)c(-c2ccccc2)c2c(-c3ccccc3)nnc(-c3ccccc3)c12. The summed E-state index contributed by atoms with van der Waals surface area (Å²) in [4.78, 5) is 2.47. The molecule has 0 aliphatic carbocycles. The van der Waals surface area contributed by atoms with Crippen molar-refractivity contribution in [2.45, 2.75) is 20.8 Å². The molecule has 6 rings (SSSR count). The molecule has 0 radical (unpaired) electrons. The van der Waals surface area contributed by atoms with E-state index in [4.69, 9.17) is 10.2 Å². The summed E-state index contributed by atoms with van der Waals surface area (Å²) >= 11 is 0. The highest BCUT2D eigenvalue weighted by molar-refractivity contribution is 6.19. The second kappa shape index (κ2) is 11.2. The third kappa shape index (κ3) is 4.44. The van der Waals surface area contributed by atoms with Gasteiger partial charge in [0.25, 0.3) is 0 Å². The second-order valence-electron chi connectivity index (χ2n) is 10.0. The Bertz CT molecular complexity index is 1740. The predicted octanol–water partition coefficient (Wildman–Crippen LogP) is 9.45. The zero-order valence-electron chi connectivity index (χ0n) is 23.3. The van der Waals surface area contributed by atoms with Gasteiger partial charge in [-0.25, -0.2) is 0 Å². The van der Waals surface area contributed by atoms with Crippen LogP contribution in [0.1, 0.15) is 19.4 Å². The van der Waals surface area contributed by atoms with Gasteiger partial charge in [0, 0.05) is 40.6 Å². The van der Waals surface area contributed by atoms with Crippen molar-refractivity contribution in [3.63, 3.8) is 0 Å². The van der Waals surface area contributed by atoms with Crippen LogP contribution in [0.2, 0.25) is 0 Å². The molecule has 0 atom stereocenters. The zero-order chi connectivity index (χ0) is 27.5. The van der Waals surface area contributed by atoms with Crippen molar-refractivity contribution in [1.82, 2.24) is 10.2 Å². The number of rotatable bonds is 7. The van der Waals surface area contributed by atoms with Crippen molar-refractivity contribution >= 4 is 16.5 Å². The second-order valence-corrected chi connectivity index (χ2v) is 10.0. The molecule has 0 fully saturated rings. The maximum Gasteiger partial charge on any atom is 0.103 e. The summed E-state index contributed by atoms with van der Waals surface area (Å²) in [6.07, 6.45) is 0. The molecule has 3 heteroatoms. The fourth-order valence-corrected chi connectivity index (χ4v) is 5.92. The maximum absolute atomic E-state index is 4.99. The summed E-state index contributed by atoms with van der Waals surface area (Å²) in [6.45, 7) is 8.53. The van der Waals surface area contributed by atoms with E-state index in [-0.39, 0.29) is 0 Å². The highest BCUT2D eigenvalue weighted by atomic mass is 15.1. The Balaban J connectivity index is 1.92. The first-order chi connectivity index (χ1) is 19.7. The van der Waals surface area contributed by atoms with E-state index in [1.807, 2.05) is 0 Å². The lowest BCUT2D eigenvalue weighted by molar-refractivity contribution is 0.866. The highest BCUT2D eigenvalue weighted by Gasteiger charge is 2.27. The van der Waals surface area contributed by atoms with Gasteiger partial charge in [0.05, 0.1) is 5.69 Å². The third-order valence-electron chi connectivity index (χ3n) is 7.74. The number of aromatic nitrogens is 2. The standard InChI is InChI=1S/C37H33N3/c1-4-40(5-2)37-26(3)31(27-18-10-6-11-19-27)32(28-20-12-7-13-21-28)33-34(37)36(30-24-16-9-17-25-30)39-38-35(33)29-22-14-8-15-23-29/h6-25H,4-5H2,1-3H3. The molecule has 40 heavy (non-hydrogen) atoms. The monoisotopic (exact) mass is 519 g/mol. The Morgan fingerprint density at radius 1 is 0.475 bits per heavy atom. The van der Waals surface area contributed by atoms with Gasteiger partial charge in [0.2, 0.25) is 0 Å². The van der Waals surface area contributed by atoms with Gasteiger partial charge in [-0.3, -0.25) is 0 Å². The van der Waals surface area contributed by atoms with Crippen molar-refractivity contribution in [2.24, 2.45) is 0 Å². The van der Waals surface area contributed by atoms with E-state index in [1.54, 1.807) is 0 Å². The minimum absolute atomic E-state index is 0.891. The molecule has 5 aromatic carbocycles. The summed E-state index contributed by atoms with van der Waals surface area (Å²) in [7, 11) is 0. The van der Waals surface area contributed by atoms with Gasteiger partial charge in [-0.15, -0.1) is 10.2 Å². The van der Waals surface area contributed by atoms with Gasteiger partial charge < -0.3 is 4.90 Å². The molecule has 0 aliphatic rings. The van der Waals surface area contributed by atoms with Crippen molar-refractivity contribution in [1.29, 1.82) is 0 Å². The van der Waals surface area contributed by atoms with Crippen LogP contribution in [0, 0.1) is 6.92 Å². The van der Waals surface area contributed by atoms with Crippen LogP contribution in [0.15, 0.2) is 121 Å². The van der Waals surface area contributed by atoms with Gasteiger partial charge >= 0.3 is 0 Å². The molecule has 0 aliphatic heterocycles. The number of nitrogens with zero attached hydrogens (tertiary/aromatic N) is 3. The molecule has 6 aromatic rings. The van der Waals surface area contributed by atoms with Crippen LogP contribution in [0.25, 0.3) is 55.5 Å². The Morgan fingerprint density at radius 2 is 0.850 bits per heavy atom. The molecule has 0 saturated carbocycles. The Kier molecular flexibility index (Phi) is 7.11. The van der Waals surface area contributed by atoms with E-state index in [0.717, 1.165) is 46.4 Å². The minimum Gasteiger partial charge on any atom is -0.371 e. The van der Waals surface area contributed by atoms with Gasteiger partial charge in [-0.1, -0.05) is 121 Å². The molecule has 0 saturated heterocycles. The van der Waals surface area contributed by atoms with Gasteiger partial charge in [0.1, 0.15) is 11.4 Å². The van der Waals surface area contributed by atoms with Crippen LogP contribution in [-0.4, -0.2) is 23.3 Å². The zero-order valence-corrected chi connectivity index (χ0v) is 23.3. The average molecular weight is 520 g/mol. The lowest BCUT2D eigenvalue weighted by atomic mass is 9.83. The van der Waals surface area contributed by atoms with Gasteiger partial charge in [-0.2, -0.15) is 0 Å². The van der Waals surface area contributed by atoms with Crippen LogP contribution < -0.4 is 4.90 Å². The summed E-state index contributed by atoms with van der Waals surface area (Å²) in [5, 5.41) is 12.2. The molecule has 0 unspecified atom stereocenters. The van der Waals surface area contributed by atoms with E-state index in [9.17, 15) is 0 Å². The molecule has 1 aromatic heterocycles. The molecular weight excluding hydrogens is 486 g/mol. The minimum atomic E-state index is 0.891. The quantitative estimate of drug-likeness (QED) is 0.210. The first kappa shape index (κ1) is 25.5. The fraction of sp³-hybridized carbons (Fsp3) is 0.135. The fourth-order valence-electron chi connectivity index (χ4n) is 5.92. The van der Waals surface area contributed by atoms with Crippen LogP contribution in [0.3, 0.4) is 0 Å².